The van der Waals surface area contributed by atoms with E-state index in [0.717, 1.165) is 19.3 Å². The second-order valence-corrected chi connectivity index (χ2v) is 3.09. The van der Waals surface area contributed by atoms with E-state index in [1.807, 2.05) is 6.92 Å². The van der Waals surface area contributed by atoms with Gasteiger partial charge in [-0.1, -0.05) is 6.42 Å². The molecule has 0 bridgehead atoms. The average molecular weight is 169 g/mol. The fourth-order valence-corrected chi connectivity index (χ4v) is 1.49. The Morgan fingerprint density at radius 3 is 2.00 bits per heavy atom. The van der Waals surface area contributed by atoms with Crippen LogP contribution < -0.4 is 0 Å². The van der Waals surface area contributed by atoms with Crippen LogP contribution in [0.3, 0.4) is 0 Å². The Kier molecular flexibility index (Phi) is 3.26. The monoisotopic (exact) mass is 169 g/mol. The number of imide groups is 1. The second-order valence-electron chi connectivity index (χ2n) is 3.09. The van der Waals surface area contributed by atoms with Gasteiger partial charge in [-0.25, -0.2) is 0 Å². The number of hydrogen-bond donors (Lipinski definition) is 0. The summed E-state index contributed by atoms with van der Waals surface area (Å²) in [5.74, 6) is 0.00407. The third-order valence-corrected chi connectivity index (χ3v) is 2.20. The lowest BCUT2D eigenvalue weighted by molar-refractivity contribution is -0.145. The first kappa shape index (κ1) is 9.23. The maximum absolute atomic E-state index is 11.3. The van der Waals surface area contributed by atoms with Gasteiger partial charge in [0, 0.05) is 19.4 Å². The molecule has 1 aliphatic rings. The Morgan fingerprint density at radius 2 is 1.58 bits per heavy atom. The molecule has 12 heavy (non-hydrogen) atoms. The molecule has 0 unspecified atom stereocenters. The van der Waals surface area contributed by atoms with Gasteiger partial charge in [0.05, 0.1) is 0 Å². The third-order valence-electron chi connectivity index (χ3n) is 2.20. The van der Waals surface area contributed by atoms with E-state index in [-0.39, 0.29) is 11.8 Å². The quantitative estimate of drug-likeness (QED) is 0.555. The molecular weight excluding hydrogens is 154 g/mol. The van der Waals surface area contributed by atoms with E-state index in [0.29, 0.717) is 19.4 Å². The smallest absolute Gasteiger partial charge is 0.229 e. The van der Waals surface area contributed by atoms with Crippen molar-refractivity contribution in [2.24, 2.45) is 0 Å². The van der Waals surface area contributed by atoms with Gasteiger partial charge < -0.3 is 0 Å². The van der Waals surface area contributed by atoms with Gasteiger partial charge in [-0.05, 0) is 19.8 Å². The van der Waals surface area contributed by atoms with E-state index in [1.165, 1.54) is 4.90 Å². The molecule has 0 saturated carbocycles. The van der Waals surface area contributed by atoms with Crippen LogP contribution in [0.4, 0.5) is 0 Å². The highest BCUT2D eigenvalue weighted by molar-refractivity contribution is 5.95. The standard InChI is InChI=1S/C9H15NO2/c1-2-10-8(11)6-4-3-5-7-9(10)12/h2-7H2,1H3. The third kappa shape index (κ3) is 2.06. The minimum absolute atomic E-state index is 0.00204. The summed E-state index contributed by atoms with van der Waals surface area (Å²) in [6.45, 7) is 2.37. The molecule has 3 heteroatoms. The molecule has 0 atom stereocenters. The molecule has 0 aromatic rings. The van der Waals surface area contributed by atoms with E-state index in [4.69, 9.17) is 0 Å². The summed E-state index contributed by atoms with van der Waals surface area (Å²) in [5, 5.41) is 0. The van der Waals surface area contributed by atoms with Crippen LogP contribution in [-0.2, 0) is 9.59 Å². The average Bonchev–Trinajstić information content (AvgIpc) is 2.02. The van der Waals surface area contributed by atoms with Crippen LogP contribution in [0.5, 0.6) is 0 Å². The predicted molar refractivity (Wildman–Crippen MR) is 45.5 cm³/mol. The van der Waals surface area contributed by atoms with Gasteiger partial charge in [-0.3, -0.25) is 14.5 Å². The number of carbonyl (C=O) groups excluding carboxylic acids is 2. The van der Waals surface area contributed by atoms with Gasteiger partial charge in [-0.15, -0.1) is 0 Å². The maximum atomic E-state index is 11.3. The minimum atomic E-state index is 0.00204. The fourth-order valence-electron chi connectivity index (χ4n) is 1.49. The van der Waals surface area contributed by atoms with Crippen molar-refractivity contribution in [2.75, 3.05) is 6.54 Å². The first-order valence-corrected chi connectivity index (χ1v) is 4.59. The number of hydrogen-bond acceptors (Lipinski definition) is 2. The van der Waals surface area contributed by atoms with Gasteiger partial charge in [0.15, 0.2) is 0 Å². The molecule has 3 nitrogen and oxygen atoms in total. The zero-order valence-corrected chi connectivity index (χ0v) is 7.51. The molecule has 1 aliphatic heterocycles. The molecule has 68 valence electrons. The number of likely N-dealkylation sites (tertiary alicyclic amines) is 1. The number of nitrogens with zero attached hydrogens (tertiary/aromatic N) is 1. The largest absolute Gasteiger partial charge is 0.283 e. The first-order valence-electron chi connectivity index (χ1n) is 4.59. The van der Waals surface area contributed by atoms with E-state index in [2.05, 4.69) is 0 Å². The lowest BCUT2D eigenvalue weighted by atomic mass is 10.1. The summed E-state index contributed by atoms with van der Waals surface area (Å²) in [6.07, 6.45) is 3.96. The minimum Gasteiger partial charge on any atom is -0.283 e. The van der Waals surface area contributed by atoms with Gasteiger partial charge in [0.25, 0.3) is 0 Å². The second kappa shape index (κ2) is 4.24. The molecule has 0 aliphatic carbocycles. The van der Waals surface area contributed by atoms with Crippen LogP contribution >= 0.6 is 0 Å². The molecule has 1 saturated heterocycles. The van der Waals surface area contributed by atoms with Crippen LogP contribution in [0.1, 0.15) is 39.0 Å². The summed E-state index contributed by atoms with van der Waals surface area (Å²) in [6, 6.07) is 0. The van der Waals surface area contributed by atoms with Crippen molar-refractivity contribution in [2.45, 2.75) is 39.0 Å². The molecular formula is C9H15NO2. The molecule has 2 amide bonds. The lowest BCUT2D eigenvalue weighted by Gasteiger charge is -2.20. The lowest BCUT2D eigenvalue weighted by Crippen LogP contribution is -2.37. The molecule has 1 fully saturated rings. The Morgan fingerprint density at radius 1 is 1.08 bits per heavy atom. The van der Waals surface area contributed by atoms with Crippen molar-refractivity contribution < 1.29 is 9.59 Å². The molecule has 1 rings (SSSR count). The summed E-state index contributed by atoms with van der Waals surface area (Å²) in [7, 11) is 0. The summed E-state index contributed by atoms with van der Waals surface area (Å²) >= 11 is 0. The van der Waals surface area contributed by atoms with Crippen molar-refractivity contribution in [1.29, 1.82) is 0 Å². The SMILES string of the molecule is CCN1C(=O)CCCCCC1=O. The van der Waals surface area contributed by atoms with E-state index < -0.39 is 0 Å². The molecule has 0 spiro atoms. The van der Waals surface area contributed by atoms with Crippen LogP contribution in [0, 0.1) is 0 Å². The Bertz CT molecular complexity index is 171. The normalized spacial score (nSPS) is 20.6. The fraction of sp³-hybridized carbons (Fsp3) is 0.778. The Labute approximate surface area is 72.7 Å². The summed E-state index contributed by atoms with van der Waals surface area (Å²) in [4.78, 5) is 24.0. The van der Waals surface area contributed by atoms with Crippen LogP contribution in [0.25, 0.3) is 0 Å². The molecule has 0 aromatic heterocycles. The predicted octanol–water partition coefficient (Wildman–Crippen LogP) is 1.33. The van der Waals surface area contributed by atoms with Crippen LogP contribution in [0.2, 0.25) is 0 Å². The number of rotatable bonds is 1. The van der Waals surface area contributed by atoms with Crippen LogP contribution in [-0.4, -0.2) is 23.3 Å². The summed E-state index contributed by atoms with van der Waals surface area (Å²) in [5.41, 5.74) is 0. The van der Waals surface area contributed by atoms with Crippen molar-refractivity contribution in [1.82, 2.24) is 4.90 Å². The van der Waals surface area contributed by atoms with Gasteiger partial charge in [-0.2, -0.15) is 0 Å². The highest BCUT2D eigenvalue weighted by Crippen LogP contribution is 2.12. The Balaban J connectivity index is 2.61. The van der Waals surface area contributed by atoms with E-state index in [1.54, 1.807) is 0 Å². The van der Waals surface area contributed by atoms with Gasteiger partial charge in [0.2, 0.25) is 11.8 Å². The zero-order chi connectivity index (χ0) is 8.97. The number of carbonyl (C=O) groups is 2. The number of amides is 2. The van der Waals surface area contributed by atoms with Crippen molar-refractivity contribution in [3.63, 3.8) is 0 Å². The highest BCUT2D eigenvalue weighted by atomic mass is 16.2. The van der Waals surface area contributed by atoms with Crippen LogP contribution in [0.15, 0.2) is 0 Å². The maximum Gasteiger partial charge on any atom is 0.229 e. The zero-order valence-electron chi connectivity index (χ0n) is 7.51. The molecule has 1 heterocycles. The van der Waals surface area contributed by atoms with Gasteiger partial charge in [0.1, 0.15) is 0 Å². The van der Waals surface area contributed by atoms with Crippen molar-refractivity contribution in [3.05, 3.63) is 0 Å². The summed E-state index contributed by atoms with van der Waals surface area (Å²) < 4.78 is 0. The van der Waals surface area contributed by atoms with Crippen molar-refractivity contribution >= 4 is 11.8 Å². The van der Waals surface area contributed by atoms with E-state index >= 15 is 0 Å². The molecule has 0 radical (unpaired) electrons. The van der Waals surface area contributed by atoms with Gasteiger partial charge >= 0.3 is 0 Å². The molecule has 0 aromatic carbocycles. The van der Waals surface area contributed by atoms with E-state index in [9.17, 15) is 9.59 Å². The first-order chi connectivity index (χ1) is 5.75. The van der Waals surface area contributed by atoms with Crippen molar-refractivity contribution in [3.8, 4) is 0 Å². The topological polar surface area (TPSA) is 37.4 Å². The molecule has 0 N–H and O–H groups in total. The highest BCUT2D eigenvalue weighted by Gasteiger charge is 2.20. The Hall–Kier alpha value is -0.860.